The molecule has 0 radical (unpaired) electrons. The number of imidazole rings is 1. The molecule has 1 aromatic carbocycles. The maximum atomic E-state index is 9.86. The summed E-state index contributed by atoms with van der Waals surface area (Å²) in [6.07, 6.45) is 18.7. The van der Waals surface area contributed by atoms with Crippen LogP contribution in [0.4, 0.5) is 0 Å². The van der Waals surface area contributed by atoms with E-state index in [1.54, 1.807) is 6.20 Å². The molecule has 6 aliphatic rings. The quantitative estimate of drug-likeness (QED) is 0.442. The molecule has 2 aromatic heterocycles. The molecule has 0 spiro atoms. The molecular weight excluding hydrogens is 444 g/mol. The van der Waals surface area contributed by atoms with Crippen LogP contribution in [0.1, 0.15) is 94.3 Å². The van der Waals surface area contributed by atoms with Gasteiger partial charge in [-0.3, -0.25) is 0 Å². The second kappa shape index (κ2) is 8.23. The van der Waals surface area contributed by atoms with Crippen molar-refractivity contribution < 1.29 is 0 Å². The van der Waals surface area contributed by atoms with Gasteiger partial charge in [0.15, 0.2) is 5.82 Å². The Balaban J connectivity index is 1.40. The summed E-state index contributed by atoms with van der Waals surface area (Å²) in [7, 11) is 1.98. The molecule has 9 rings (SSSR count). The molecule has 0 atom stereocenters. The first-order chi connectivity index (χ1) is 17.6. The zero-order valence-corrected chi connectivity index (χ0v) is 21.2. The predicted molar refractivity (Wildman–Crippen MR) is 138 cm³/mol. The van der Waals surface area contributed by atoms with Crippen molar-refractivity contribution in [1.82, 2.24) is 24.5 Å². The maximum Gasteiger partial charge on any atom is 0.163 e. The van der Waals surface area contributed by atoms with Crippen LogP contribution in [0.15, 0.2) is 30.6 Å². The van der Waals surface area contributed by atoms with Gasteiger partial charge in [-0.2, -0.15) is 5.26 Å². The van der Waals surface area contributed by atoms with Gasteiger partial charge in [0.2, 0.25) is 0 Å². The van der Waals surface area contributed by atoms with Gasteiger partial charge < -0.3 is 4.57 Å². The largest absolute Gasteiger partial charge is 0.334 e. The fraction of sp³-hybridized carbons (Fsp3) is 0.567. The van der Waals surface area contributed by atoms with E-state index in [2.05, 4.69) is 17.1 Å². The van der Waals surface area contributed by atoms with Gasteiger partial charge in [-0.05, 0) is 107 Å². The van der Waals surface area contributed by atoms with E-state index in [9.17, 15) is 5.26 Å². The highest BCUT2D eigenvalue weighted by Gasteiger charge is 2.47. The van der Waals surface area contributed by atoms with Crippen molar-refractivity contribution >= 4 is 0 Å². The third-order valence-corrected chi connectivity index (χ3v) is 10.2. The van der Waals surface area contributed by atoms with Crippen molar-refractivity contribution in [2.75, 3.05) is 0 Å². The highest BCUT2D eigenvalue weighted by molar-refractivity contribution is 5.69. The lowest BCUT2D eigenvalue weighted by Gasteiger charge is -2.47. The van der Waals surface area contributed by atoms with Gasteiger partial charge in [0.05, 0.1) is 11.6 Å². The maximum absolute atomic E-state index is 9.86. The van der Waals surface area contributed by atoms with Gasteiger partial charge in [-0.25, -0.2) is 19.9 Å². The van der Waals surface area contributed by atoms with E-state index in [0.717, 1.165) is 46.3 Å². The average Bonchev–Trinajstić information content (AvgIpc) is 3.40. The summed E-state index contributed by atoms with van der Waals surface area (Å²) >= 11 is 0. The Morgan fingerprint density at radius 3 is 1.78 bits per heavy atom. The number of hydrogen-bond acceptors (Lipinski definition) is 5. The fourth-order valence-corrected chi connectivity index (χ4v) is 7.74. The number of rotatable bonds is 4. The lowest BCUT2D eigenvalue weighted by molar-refractivity contribution is 0.117. The van der Waals surface area contributed by atoms with Gasteiger partial charge in [-0.1, -0.05) is 0 Å². The highest BCUT2D eigenvalue weighted by Crippen LogP contribution is 2.53. The minimum Gasteiger partial charge on any atom is -0.334 e. The molecule has 0 amide bonds. The van der Waals surface area contributed by atoms with Gasteiger partial charge in [-0.15, -0.1) is 0 Å². The number of nitriles is 1. The first-order valence-corrected chi connectivity index (χ1v) is 13.9. The summed E-state index contributed by atoms with van der Waals surface area (Å²) in [5.74, 6) is 5.44. The van der Waals surface area contributed by atoms with E-state index in [-0.39, 0.29) is 10.8 Å². The van der Waals surface area contributed by atoms with Gasteiger partial charge in [0, 0.05) is 41.4 Å². The minimum absolute atomic E-state index is 0.0963. The van der Waals surface area contributed by atoms with Crippen LogP contribution in [0.5, 0.6) is 0 Å². The molecule has 6 fully saturated rings. The van der Waals surface area contributed by atoms with Crippen LogP contribution in [0.2, 0.25) is 0 Å². The molecule has 2 heterocycles. The molecule has 0 saturated heterocycles. The lowest BCUT2D eigenvalue weighted by Crippen LogP contribution is -2.42. The third kappa shape index (κ3) is 3.50. The Kier molecular flexibility index (Phi) is 5.06. The molecule has 0 N–H and O–H groups in total. The molecule has 6 nitrogen and oxygen atoms in total. The highest BCUT2D eigenvalue weighted by atomic mass is 15.1. The molecular formula is C30H34N6. The molecule has 6 aliphatic carbocycles. The summed E-state index contributed by atoms with van der Waals surface area (Å²) in [5.41, 5.74) is 2.63. The summed E-state index contributed by atoms with van der Waals surface area (Å²) in [6, 6.07) is 8.32. The number of aromatic nitrogens is 5. The number of nitrogens with zero attached hydrogens (tertiary/aromatic N) is 6. The van der Waals surface area contributed by atoms with E-state index < -0.39 is 0 Å². The second-order valence-corrected chi connectivity index (χ2v) is 12.1. The zero-order valence-electron chi connectivity index (χ0n) is 21.2. The Morgan fingerprint density at radius 2 is 1.31 bits per heavy atom. The van der Waals surface area contributed by atoms with Crippen LogP contribution in [0.25, 0.3) is 22.8 Å². The number of aryl methyl sites for hydroxylation is 1. The van der Waals surface area contributed by atoms with Crippen LogP contribution >= 0.6 is 0 Å². The summed E-state index contributed by atoms with van der Waals surface area (Å²) in [5, 5.41) is 9.86. The Labute approximate surface area is 213 Å². The smallest absolute Gasteiger partial charge is 0.163 e. The van der Waals surface area contributed by atoms with Crippen molar-refractivity contribution in [3.63, 3.8) is 0 Å². The molecule has 0 aliphatic heterocycles. The molecule has 36 heavy (non-hydrogen) atoms. The average molecular weight is 479 g/mol. The number of fused-ring (bicyclic) bond motifs is 6. The van der Waals surface area contributed by atoms with Crippen molar-refractivity contribution in [3.05, 3.63) is 47.8 Å². The van der Waals surface area contributed by atoms with Crippen molar-refractivity contribution in [3.8, 4) is 28.8 Å². The van der Waals surface area contributed by atoms with E-state index in [0.29, 0.717) is 5.56 Å². The molecule has 4 bridgehead atoms. The van der Waals surface area contributed by atoms with Crippen LogP contribution in [0, 0.1) is 23.2 Å². The van der Waals surface area contributed by atoms with E-state index >= 15 is 0 Å². The topological polar surface area (TPSA) is 80.3 Å². The van der Waals surface area contributed by atoms with Crippen LogP contribution < -0.4 is 0 Å². The van der Waals surface area contributed by atoms with E-state index in [1.165, 1.54) is 77.0 Å². The molecule has 0 unspecified atom stereocenters. The first-order valence-electron chi connectivity index (χ1n) is 13.9. The van der Waals surface area contributed by atoms with Gasteiger partial charge >= 0.3 is 0 Å². The summed E-state index contributed by atoms with van der Waals surface area (Å²) in [4.78, 5) is 20.4. The molecule has 6 saturated carbocycles. The van der Waals surface area contributed by atoms with E-state index in [1.807, 2.05) is 29.9 Å². The molecule has 3 aromatic rings. The monoisotopic (exact) mass is 478 g/mol. The van der Waals surface area contributed by atoms with Gasteiger partial charge in [0.25, 0.3) is 0 Å². The van der Waals surface area contributed by atoms with E-state index in [4.69, 9.17) is 15.0 Å². The standard InChI is InChI=1S/C30H34N6/c1-36-15-14-32-26(36)24-17-22(19-31)16-23(18-24)25-33-27(29-8-2-20(3-9-29)4-10-29)35-28(34-25)30-11-5-21(6-12-30)7-13-30/h14-18,20-21H,2-13H2,1H3. The summed E-state index contributed by atoms with van der Waals surface area (Å²) < 4.78 is 1.99. The fourth-order valence-electron chi connectivity index (χ4n) is 7.74. The predicted octanol–water partition coefficient (Wildman–Crippen LogP) is 6.25. The lowest BCUT2D eigenvalue weighted by atomic mass is 9.59. The van der Waals surface area contributed by atoms with Crippen LogP contribution in [-0.2, 0) is 17.9 Å². The Hall–Kier alpha value is -3.07. The normalized spacial score (nSPS) is 30.9. The van der Waals surface area contributed by atoms with Crippen molar-refractivity contribution in [2.24, 2.45) is 18.9 Å². The molecule has 184 valence electrons. The zero-order chi connectivity index (χ0) is 24.3. The van der Waals surface area contributed by atoms with Crippen LogP contribution in [0.3, 0.4) is 0 Å². The van der Waals surface area contributed by atoms with Crippen LogP contribution in [-0.4, -0.2) is 24.5 Å². The SMILES string of the molecule is Cn1ccnc1-c1cc(C#N)cc(-c2nc(C34CCC(CC3)CC4)nc(C34CCC(CC3)CC4)n2)c1. The van der Waals surface area contributed by atoms with Crippen molar-refractivity contribution in [1.29, 1.82) is 5.26 Å². The van der Waals surface area contributed by atoms with Crippen molar-refractivity contribution in [2.45, 2.75) is 87.9 Å². The number of hydrogen-bond donors (Lipinski definition) is 0. The third-order valence-electron chi connectivity index (χ3n) is 10.2. The minimum atomic E-state index is 0.0963. The Bertz CT molecular complexity index is 1270. The Morgan fingerprint density at radius 1 is 0.778 bits per heavy atom. The molecule has 6 heteroatoms. The summed E-state index contributed by atoms with van der Waals surface area (Å²) in [6.45, 7) is 0. The van der Waals surface area contributed by atoms with Gasteiger partial charge in [0.1, 0.15) is 17.5 Å². The first kappa shape index (κ1) is 22.2. The number of benzene rings is 1. The second-order valence-electron chi connectivity index (χ2n) is 12.1.